The molecule has 3 rings (SSSR count). The van der Waals surface area contributed by atoms with Gasteiger partial charge in [0.15, 0.2) is 11.6 Å². The second-order valence-electron chi connectivity index (χ2n) is 4.22. The van der Waals surface area contributed by atoms with Gasteiger partial charge in [0.05, 0.1) is 17.1 Å². The molecule has 1 N–H and O–H groups in total. The summed E-state index contributed by atoms with van der Waals surface area (Å²) >= 11 is 3.28. The van der Waals surface area contributed by atoms with Crippen molar-refractivity contribution in [3.63, 3.8) is 0 Å². The van der Waals surface area contributed by atoms with Gasteiger partial charge in [-0.25, -0.2) is 14.4 Å². The molecule has 1 aromatic heterocycles. The molecule has 0 saturated heterocycles. The fraction of sp³-hybridized carbons (Fsp3) is 0.231. The summed E-state index contributed by atoms with van der Waals surface area (Å²) in [5.41, 5.74) is 0.803. The standard InChI is InChI=1S/C13H11BrFN3O/c14-8-6-16-13(17-7-8)18-11-4-5-19-12-9(11)2-1-3-10(12)15/h1-3,6-7,11H,4-5H2,(H,16,17,18)/t11-/m0/s1. The van der Waals surface area contributed by atoms with Crippen LogP contribution in [0.5, 0.6) is 5.75 Å². The lowest BCUT2D eigenvalue weighted by Gasteiger charge is -2.26. The van der Waals surface area contributed by atoms with E-state index in [9.17, 15) is 4.39 Å². The fourth-order valence-electron chi connectivity index (χ4n) is 2.08. The lowest BCUT2D eigenvalue weighted by molar-refractivity contribution is 0.260. The minimum absolute atomic E-state index is 0.0411. The molecule has 0 amide bonds. The molecule has 1 atom stereocenters. The van der Waals surface area contributed by atoms with Crippen LogP contribution < -0.4 is 10.1 Å². The number of anilines is 1. The van der Waals surface area contributed by atoms with E-state index in [0.717, 1.165) is 16.5 Å². The lowest BCUT2D eigenvalue weighted by atomic mass is 10.0. The molecule has 6 heteroatoms. The van der Waals surface area contributed by atoms with E-state index in [2.05, 4.69) is 31.2 Å². The van der Waals surface area contributed by atoms with Gasteiger partial charge in [-0.1, -0.05) is 12.1 Å². The summed E-state index contributed by atoms with van der Waals surface area (Å²) < 4.78 is 19.8. The van der Waals surface area contributed by atoms with Gasteiger partial charge in [-0.15, -0.1) is 0 Å². The zero-order valence-corrected chi connectivity index (χ0v) is 11.5. The van der Waals surface area contributed by atoms with E-state index < -0.39 is 0 Å². The number of rotatable bonds is 2. The molecule has 0 aliphatic carbocycles. The van der Waals surface area contributed by atoms with Gasteiger partial charge in [0, 0.05) is 24.4 Å². The molecular formula is C13H11BrFN3O. The number of para-hydroxylation sites is 1. The average Bonchev–Trinajstić information content (AvgIpc) is 2.43. The zero-order valence-electron chi connectivity index (χ0n) is 9.94. The van der Waals surface area contributed by atoms with E-state index in [0.29, 0.717) is 18.3 Å². The van der Waals surface area contributed by atoms with Crippen LogP contribution in [0.3, 0.4) is 0 Å². The Labute approximate surface area is 118 Å². The first-order chi connectivity index (χ1) is 9.24. The molecule has 0 fully saturated rings. The summed E-state index contributed by atoms with van der Waals surface area (Å²) in [5.74, 6) is 0.509. The van der Waals surface area contributed by atoms with Crippen molar-refractivity contribution >= 4 is 21.9 Å². The number of halogens is 2. The van der Waals surface area contributed by atoms with E-state index in [1.165, 1.54) is 6.07 Å². The monoisotopic (exact) mass is 323 g/mol. The second kappa shape index (κ2) is 5.13. The quantitative estimate of drug-likeness (QED) is 0.921. The van der Waals surface area contributed by atoms with Crippen molar-refractivity contribution < 1.29 is 9.13 Å². The van der Waals surface area contributed by atoms with Crippen LogP contribution in [0.25, 0.3) is 0 Å². The van der Waals surface area contributed by atoms with Gasteiger partial charge in [0.2, 0.25) is 5.95 Å². The summed E-state index contributed by atoms with van der Waals surface area (Å²) in [4.78, 5) is 8.33. The van der Waals surface area contributed by atoms with Gasteiger partial charge in [0.1, 0.15) is 0 Å². The van der Waals surface area contributed by atoms with Crippen LogP contribution in [0.4, 0.5) is 10.3 Å². The number of hydrogen-bond acceptors (Lipinski definition) is 4. The van der Waals surface area contributed by atoms with Crippen LogP contribution in [-0.4, -0.2) is 16.6 Å². The molecule has 2 heterocycles. The first-order valence-electron chi connectivity index (χ1n) is 5.89. The van der Waals surface area contributed by atoms with Crippen LogP contribution in [0.15, 0.2) is 35.1 Å². The van der Waals surface area contributed by atoms with Crippen molar-refractivity contribution in [3.8, 4) is 5.75 Å². The molecule has 1 aliphatic heterocycles. The van der Waals surface area contributed by atoms with Crippen LogP contribution in [0.2, 0.25) is 0 Å². The topological polar surface area (TPSA) is 47.0 Å². The number of fused-ring (bicyclic) bond motifs is 1. The van der Waals surface area contributed by atoms with E-state index in [1.807, 2.05) is 6.07 Å². The molecule has 0 bridgehead atoms. The van der Waals surface area contributed by atoms with Gasteiger partial charge in [-0.05, 0) is 22.0 Å². The maximum absolute atomic E-state index is 13.6. The van der Waals surface area contributed by atoms with Gasteiger partial charge in [-0.3, -0.25) is 0 Å². The van der Waals surface area contributed by atoms with E-state index in [-0.39, 0.29) is 11.9 Å². The van der Waals surface area contributed by atoms with Crippen LogP contribution >= 0.6 is 15.9 Å². The Hall–Kier alpha value is -1.69. The predicted octanol–water partition coefficient (Wildman–Crippen LogP) is 3.31. The maximum Gasteiger partial charge on any atom is 0.223 e. The number of nitrogens with zero attached hydrogens (tertiary/aromatic N) is 2. The molecule has 2 aromatic rings. The van der Waals surface area contributed by atoms with Crippen molar-refractivity contribution in [1.29, 1.82) is 0 Å². The van der Waals surface area contributed by atoms with Gasteiger partial charge in [0.25, 0.3) is 0 Å². The Morgan fingerprint density at radius 3 is 2.89 bits per heavy atom. The number of ether oxygens (including phenoxy) is 1. The average molecular weight is 324 g/mol. The highest BCUT2D eigenvalue weighted by atomic mass is 79.9. The maximum atomic E-state index is 13.6. The third kappa shape index (κ3) is 2.53. The van der Waals surface area contributed by atoms with Crippen molar-refractivity contribution in [2.45, 2.75) is 12.5 Å². The predicted molar refractivity (Wildman–Crippen MR) is 72.6 cm³/mol. The molecule has 1 aliphatic rings. The number of nitrogens with one attached hydrogen (secondary N) is 1. The van der Waals surface area contributed by atoms with Crippen molar-refractivity contribution in [1.82, 2.24) is 9.97 Å². The first kappa shape index (κ1) is 12.3. The lowest BCUT2D eigenvalue weighted by Crippen LogP contribution is -2.22. The Morgan fingerprint density at radius 1 is 1.32 bits per heavy atom. The smallest absolute Gasteiger partial charge is 0.223 e. The van der Waals surface area contributed by atoms with Crippen LogP contribution in [-0.2, 0) is 0 Å². The summed E-state index contributed by atoms with van der Waals surface area (Å²) in [6, 6.07) is 4.89. The number of benzene rings is 1. The Morgan fingerprint density at radius 2 is 2.11 bits per heavy atom. The van der Waals surface area contributed by atoms with Crippen LogP contribution in [0, 0.1) is 5.82 Å². The Balaban J connectivity index is 1.88. The molecule has 0 radical (unpaired) electrons. The molecular weight excluding hydrogens is 313 g/mol. The van der Waals surface area contributed by atoms with E-state index in [1.54, 1.807) is 18.5 Å². The van der Waals surface area contributed by atoms with Crippen LogP contribution in [0.1, 0.15) is 18.0 Å². The molecule has 0 saturated carbocycles. The SMILES string of the molecule is Fc1cccc2c1OCC[C@@H]2Nc1ncc(Br)cn1. The Bertz CT molecular complexity index is 591. The fourth-order valence-corrected chi connectivity index (χ4v) is 2.28. The summed E-state index contributed by atoms with van der Waals surface area (Å²) in [7, 11) is 0. The highest BCUT2D eigenvalue weighted by Gasteiger charge is 2.24. The van der Waals surface area contributed by atoms with Gasteiger partial charge in [-0.2, -0.15) is 0 Å². The normalized spacial score (nSPS) is 17.5. The summed E-state index contributed by atoms with van der Waals surface area (Å²) in [5, 5.41) is 3.20. The molecule has 1 aromatic carbocycles. The van der Waals surface area contributed by atoms with Gasteiger partial charge >= 0.3 is 0 Å². The molecule has 0 unspecified atom stereocenters. The minimum Gasteiger partial charge on any atom is -0.490 e. The molecule has 98 valence electrons. The third-order valence-electron chi connectivity index (χ3n) is 2.95. The summed E-state index contributed by atoms with van der Waals surface area (Å²) in [6.07, 6.45) is 4.08. The highest BCUT2D eigenvalue weighted by molar-refractivity contribution is 9.10. The van der Waals surface area contributed by atoms with Crippen molar-refractivity contribution in [3.05, 3.63) is 46.4 Å². The van der Waals surface area contributed by atoms with Crippen molar-refractivity contribution in [2.24, 2.45) is 0 Å². The third-order valence-corrected chi connectivity index (χ3v) is 3.36. The van der Waals surface area contributed by atoms with E-state index >= 15 is 0 Å². The zero-order chi connectivity index (χ0) is 13.2. The largest absolute Gasteiger partial charge is 0.490 e. The summed E-state index contributed by atoms with van der Waals surface area (Å²) in [6.45, 7) is 0.474. The first-order valence-corrected chi connectivity index (χ1v) is 6.68. The van der Waals surface area contributed by atoms with E-state index in [4.69, 9.17) is 4.74 Å². The van der Waals surface area contributed by atoms with Crippen molar-refractivity contribution in [2.75, 3.05) is 11.9 Å². The number of hydrogen-bond donors (Lipinski definition) is 1. The number of aromatic nitrogens is 2. The molecule has 0 spiro atoms. The minimum atomic E-state index is -0.333. The van der Waals surface area contributed by atoms with Gasteiger partial charge < -0.3 is 10.1 Å². The Kier molecular flexibility index (Phi) is 3.33. The molecule has 4 nitrogen and oxygen atoms in total. The second-order valence-corrected chi connectivity index (χ2v) is 5.13. The highest BCUT2D eigenvalue weighted by Crippen LogP contribution is 2.35. The molecule has 19 heavy (non-hydrogen) atoms.